The minimum atomic E-state index is 0.511. The summed E-state index contributed by atoms with van der Waals surface area (Å²) in [4.78, 5) is 25.6. The molecule has 13 rings (SSSR count). The van der Waals surface area contributed by atoms with Crippen LogP contribution in [-0.4, -0.2) is 29.5 Å². The largest absolute Gasteiger partial charge is 0.434 e. The van der Waals surface area contributed by atoms with Crippen molar-refractivity contribution < 1.29 is 4.42 Å². The predicted molar refractivity (Wildman–Crippen MR) is 267 cm³/mol. The molecule has 0 unspecified atom stereocenters. The highest BCUT2D eigenvalue weighted by molar-refractivity contribution is 6.09. The van der Waals surface area contributed by atoms with Crippen LogP contribution in [0.5, 0.6) is 0 Å². The Kier molecular flexibility index (Phi) is 8.70. The Labute approximate surface area is 379 Å². The highest BCUT2D eigenvalue weighted by atomic mass is 16.3. The molecule has 0 N–H and O–H groups in total. The molecule has 0 spiro atoms. The standard InChI is InChI=1S/C59H36N6O/c1-3-14-37(15-4-1)45-34-49-55-56(66-59(49)60-36-45)54(63-58(64-55)44-31-26-38-16-7-8-19-42(38)32-44)40-29-27-39(28-30-40)50-35-51(62-57(61-50)41-17-5-2-6-18-41)43-20-13-21-46(33-43)65-52-24-11-9-22-47(52)48-23-10-12-25-53(48)65/h1-36H. The van der Waals surface area contributed by atoms with Crippen LogP contribution in [0.25, 0.3) is 128 Å². The van der Waals surface area contributed by atoms with Gasteiger partial charge in [-0.1, -0.05) is 170 Å². The zero-order valence-corrected chi connectivity index (χ0v) is 35.4. The van der Waals surface area contributed by atoms with E-state index in [2.05, 4.69) is 180 Å². The molecule has 8 aromatic carbocycles. The first-order chi connectivity index (χ1) is 32.7. The van der Waals surface area contributed by atoms with E-state index in [4.69, 9.17) is 29.3 Å². The molecule has 0 fully saturated rings. The van der Waals surface area contributed by atoms with E-state index in [0.717, 1.165) is 83.2 Å². The Morgan fingerprint density at radius 2 is 0.970 bits per heavy atom. The van der Waals surface area contributed by atoms with Crippen molar-refractivity contribution in [1.29, 1.82) is 0 Å². The second-order valence-corrected chi connectivity index (χ2v) is 16.5. The SMILES string of the molecule is c1ccc(-c2cnc3oc4c(-c5ccc(-c6cc(-c7cccc(-n8c9ccccc9c9ccccc98)c7)nc(-c7ccccc7)n6)cc5)nc(-c5ccc6ccccc6c5)nc4c3c2)cc1. The van der Waals surface area contributed by atoms with E-state index in [1.54, 1.807) is 0 Å². The number of nitrogens with zero attached hydrogens (tertiary/aromatic N) is 6. The number of aromatic nitrogens is 6. The first kappa shape index (κ1) is 37.5. The zero-order valence-electron chi connectivity index (χ0n) is 35.4. The van der Waals surface area contributed by atoms with Gasteiger partial charge in [0, 0.05) is 56.0 Å². The lowest BCUT2D eigenvalue weighted by atomic mass is 10.0. The predicted octanol–water partition coefficient (Wildman–Crippen LogP) is 14.8. The summed E-state index contributed by atoms with van der Waals surface area (Å²) in [6.45, 7) is 0. The van der Waals surface area contributed by atoms with Gasteiger partial charge in [0.1, 0.15) is 11.2 Å². The van der Waals surface area contributed by atoms with Gasteiger partial charge in [-0.15, -0.1) is 0 Å². The third-order valence-electron chi connectivity index (χ3n) is 12.5. The molecule has 0 aliphatic heterocycles. The normalized spacial score (nSPS) is 11.6. The summed E-state index contributed by atoms with van der Waals surface area (Å²) in [6, 6.07) is 73.5. The minimum Gasteiger partial charge on any atom is -0.434 e. The summed E-state index contributed by atoms with van der Waals surface area (Å²) >= 11 is 0. The minimum absolute atomic E-state index is 0.511. The molecule has 13 aromatic rings. The molecule has 0 aliphatic rings. The molecule has 5 aromatic heterocycles. The van der Waals surface area contributed by atoms with Gasteiger partial charge in [-0.25, -0.2) is 24.9 Å². The van der Waals surface area contributed by atoms with Gasteiger partial charge in [0.25, 0.3) is 0 Å². The lowest BCUT2D eigenvalue weighted by Crippen LogP contribution is -1.98. The molecule has 5 heterocycles. The number of furan rings is 1. The monoisotopic (exact) mass is 844 g/mol. The molecule has 0 radical (unpaired) electrons. The molecule has 7 nitrogen and oxygen atoms in total. The van der Waals surface area contributed by atoms with Crippen LogP contribution in [0.2, 0.25) is 0 Å². The first-order valence-corrected chi connectivity index (χ1v) is 22.0. The molecule has 66 heavy (non-hydrogen) atoms. The van der Waals surface area contributed by atoms with Crippen LogP contribution in [0.1, 0.15) is 0 Å². The fourth-order valence-electron chi connectivity index (χ4n) is 9.23. The van der Waals surface area contributed by atoms with Gasteiger partial charge in [0.05, 0.1) is 27.8 Å². The second-order valence-electron chi connectivity index (χ2n) is 16.5. The van der Waals surface area contributed by atoms with Crippen molar-refractivity contribution in [2.45, 2.75) is 0 Å². The quantitative estimate of drug-likeness (QED) is 0.159. The van der Waals surface area contributed by atoms with E-state index >= 15 is 0 Å². The van der Waals surface area contributed by atoms with Crippen LogP contribution in [-0.2, 0) is 0 Å². The van der Waals surface area contributed by atoms with Crippen molar-refractivity contribution in [1.82, 2.24) is 29.5 Å². The molecular formula is C59H36N6O. The lowest BCUT2D eigenvalue weighted by molar-refractivity contribution is 0.653. The van der Waals surface area contributed by atoms with Crippen LogP contribution in [0.3, 0.4) is 0 Å². The molecule has 0 aliphatic carbocycles. The van der Waals surface area contributed by atoms with E-state index in [-0.39, 0.29) is 0 Å². The summed E-state index contributed by atoms with van der Waals surface area (Å²) in [5, 5.41) is 5.55. The number of fused-ring (bicyclic) bond motifs is 7. The summed E-state index contributed by atoms with van der Waals surface area (Å²) in [5.74, 6) is 1.26. The van der Waals surface area contributed by atoms with Crippen LogP contribution in [0.4, 0.5) is 0 Å². The lowest BCUT2D eigenvalue weighted by Gasteiger charge is -2.12. The number of hydrogen-bond acceptors (Lipinski definition) is 6. The van der Waals surface area contributed by atoms with E-state index in [1.165, 1.54) is 10.8 Å². The molecule has 0 atom stereocenters. The van der Waals surface area contributed by atoms with Gasteiger partial charge in [-0.2, -0.15) is 0 Å². The van der Waals surface area contributed by atoms with Crippen molar-refractivity contribution in [3.63, 3.8) is 0 Å². The third-order valence-corrected chi connectivity index (χ3v) is 12.5. The van der Waals surface area contributed by atoms with E-state index in [0.29, 0.717) is 34.2 Å². The molecule has 0 amide bonds. The van der Waals surface area contributed by atoms with Gasteiger partial charge in [0.2, 0.25) is 5.71 Å². The van der Waals surface area contributed by atoms with Gasteiger partial charge in [-0.05, 0) is 58.8 Å². The smallest absolute Gasteiger partial charge is 0.229 e. The van der Waals surface area contributed by atoms with E-state index in [1.807, 2.05) is 42.6 Å². The average molecular weight is 845 g/mol. The molecular weight excluding hydrogens is 809 g/mol. The van der Waals surface area contributed by atoms with Crippen molar-refractivity contribution in [2.24, 2.45) is 0 Å². The zero-order chi connectivity index (χ0) is 43.6. The maximum absolute atomic E-state index is 6.56. The summed E-state index contributed by atoms with van der Waals surface area (Å²) in [5.41, 5.74) is 14.2. The summed E-state index contributed by atoms with van der Waals surface area (Å²) in [6.07, 6.45) is 1.85. The highest BCUT2D eigenvalue weighted by Crippen LogP contribution is 2.39. The molecule has 0 bridgehead atoms. The number of pyridine rings is 1. The summed E-state index contributed by atoms with van der Waals surface area (Å²) < 4.78 is 8.90. The fourth-order valence-corrected chi connectivity index (χ4v) is 9.23. The van der Waals surface area contributed by atoms with Crippen molar-refractivity contribution in [2.75, 3.05) is 0 Å². The van der Waals surface area contributed by atoms with Gasteiger partial charge in [0.15, 0.2) is 17.2 Å². The molecule has 0 saturated carbocycles. The Hall–Kier alpha value is -9.07. The maximum atomic E-state index is 6.56. The highest BCUT2D eigenvalue weighted by Gasteiger charge is 2.21. The topological polar surface area (TPSA) is 82.5 Å². The first-order valence-electron chi connectivity index (χ1n) is 22.0. The number of para-hydroxylation sites is 2. The van der Waals surface area contributed by atoms with E-state index in [9.17, 15) is 0 Å². The van der Waals surface area contributed by atoms with Crippen LogP contribution >= 0.6 is 0 Å². The molecule has 0 saturated heterocycles. The second kappa shape index (κ2) is 15.3. The maximum Gasteiger partial charge on any atom is 0.229 e. The third kappa shape index (κ3) is 6.41. The fraction of sp³-hybridized carbons (Fsp3) is 0. The van der Waals surface area contributed by atoms with Crippen LogP contribution < -0.4 is 0 Å². The summed E-state index contributed by atoms with van der Waals surface area (Å²) in [7, 11) is 0. The molecule has 308 valence electrons. The van der Waals surface area contributed by atoms with Gasteiger partial charge >= 0.3 is 0 Å². The van der Waals surface area contributed by atoms with E-state index < -0.39 is 0 Å². The Bertz CT molecular complexity index is 3940. The van der Waals surface area contributed by atoms with Gasteiger partial charge in [-0.3, -0.25) is 0 Å². The molecule has 7 heteroatoms. The number of rotatable bonds is 7. The Morgan fingerprint density at radius 1 is 0.364 bits per heavy atom. The van der Waals surface area contributed by atoms with Crippen molar-refractivity contribution in [3.05, 3.63) is 219 Å². The Balaban J connectivity index is 0.944. The van der Waals surface area contributed by atoms with Crippen molar-refractivity contribution >= 4 is 54.8 Å². The number of hydrogen-bond donors (Lipinski definition) is 0. The van der Waals surface area contributed by atoms with Gasteiger partial charge < -0.3 is 8.98 Å². The van der Waals surface area contributed by atoms with Crippen LogP contribution in [0, 0.1) is 0 Å². The van der Waals surface area contributed by atoms with Crippen molar-refractivity contribution in [3.8, 4) is 73.4 Å². The Morgan fingerprint density at radius 3 is 1.73 bits per heavy atom. The van der Waals surface area contributed by atoms with Crippen LogP contribution in [0.15, 0.2) is 223 Å². The number of benzene rings is 8. The average Bonchev–Trinajstić information content (AvgIpc) is 3.94.